The standard InChI is InChI=1S/C13H18F2N4OS/c14-11(15)9-20-12-7-10(1-2-17-12)8-18-13(16)19-3-5-21-6-4-19/h1-2,7,11H,3-6,8-9H2,(H2,16,18). The number of aliphatic imine (C=N–C) groups is 1. The summed E-state index contributed by atoms with van der Waals surface area (Å²) in [4.78, 5) is 10.3. The Morgan fingerprint density at radius 1 is 1.48 bits per heavy atom. The van der Waals surface area contributed by atoms with Gasteiger partial charge in [-0.2, -0.15) is 11.8 Å². The maximum atomic E-state index is 12.1. The highest BCUT2D eigenvalue weighted by atomic mass is 32.2. The number of thioether (sulfide) groups is 1. The van der Waals surface area contributed by atoms with Gasteiger partial charge in [0.2, 0.25) is 5.88 Å². The van der Waals surface area contributed by atoms with Crippen LogP contribution in [-0.4, -0.2) is 53.5 Å². The number of nitrogens with zero attached hydrogens (tertiary/aromatic N) is 3. The predicted molar refractivity (Wildman–Crippen MR) is 80.0 cm³/mol. The van der Waals surface area contributed by atoms with Gasteiger partial charge in [-0.05, 0) is 11.6 Å². The van der Waals surface area contributed by atoms with E-state index in [9.17, 15) is 8.78 Å². The average Bonchev–Trinajstić information content (AvgIpc) is 2.52. The summed E-state index contributed by atoms with van der Waals surface area (Å²) in [6, 6.07) is 3.36. The van der Waals surface area contributed by atoms with Crippen molar-refractivity contribution in [2.75, 3.05) is 31.2 Å². The maximum Gasteiger partial charge on any atom is 0.272 e. The molecule has 0 unspecified atom stereocenters. The molecule has 2 N–H and O–H groups in total. The second-order valence-corrected chi connectivity index (χ2v) is 5.70. The third-order valence-electron chi connectivity index (χ3n) is 2.92. The molecule has 0 aromatic carbocycles. The van der Waals surface area contributed by atoms with E-state index < -0.39 is 13.0 Å². The van der Waals surface area contributed by atoms with Crippen LogP contribution in [0.2, 0.25) is 0 Å². The van der Waals surface area contributed by atoms with Gasteiger partial charge in [0.25, 0.3) is 6.43 Å². The van der Waals surface area contributed by atoms with Crippen LogP contribution < -0.4 is 10.5 Å². The number of pyridine rings is 1. The van der Waals surface area contributed by atoms with Gasteiger partial charge in [-0.3, -0.25) is 0 Å². The monoisotopic (exact) mass is 316 g/mol. The SMILES string of the molecule is NC(=NCc1ccnc(OCC(F)F)c1)N1CCSCC1. The molecule has 8 heteroatoms. The molecule has 5 nitrogen and oxygen atoms in total. The zero-order chi connectivity index (χ0) is 15.1. The lowest BCUT2D eigenvalue weighted by atomic mass is 10.3. The fraction of sp³-hybridized carbons (Fsp3) is 0.538. The van der Waals surface area contributed by atoms with E-state index in [1.165, 1.54) is 6.20 Å². The van der Waals surface area contributed by atoms with E-state index >= 15 is 0 Å². The Kier molecular flexibility index (Phi) is 6.04. The lowest BCUT2D eigenvalue weighted by molar-refractivity contribution is 0.0795. The van der Waals surface area contributed by atoms with Crippen molar-refractivity contribution in [2.24, 2.45) is 10.7 Å². The quantitative estimate of drug-likeness (QED) is 0.660. The normalized spacial score (nSPS) is 16.3. The molecular weight excluding hydrogens is 298 g/mol. The molecule has 2 heterocycles. The number of alkyl halides is 2. The fourth-order valence-corrected chi connectivity index (χ4v) is 2.74. The number of hydrogen-bond acceptors (Lipinski definition) is 4. The summed E-state index contributed by atoms with van der Waals surface area (Å²) in [7, 11) is 0. The molecule has 1 aromatic heterocycles. The number of ether oxygens (including phenoxy) is 1. The van der Waals surface area contributed by atoms with Crippen LogP contribution in [-0.2, 0) is 6.54 Å². The lowest BCUT2D eigenvalue weighted by Gasteiger charge is -2.27. The predicted octanol–water partition coefficient (Wildman–Crippen LogP) is 1.59. The van der Waals surface area contributed by atoms with Gasteiger partial charge >= 0.3 is 0 Å². The molecule has 116 valence electrons. The Hall–Kier alpha value is -1.57. The molecule has 0 aliphatic carbocycles. The van der Waals surface area contributed by atoms with E-state index in [0.717, 1.165) is 30.2 Å². The Labute approximate surface area is 126 Å². The van der Waals surface area contributed by atoms with Crippen LogP contribution in [0.3, 0.4) is 0 Å². The molecule has 0 radical (unpaired) electrons. The average molecular weight is 316 g/mol. The first-order valence-corrected chi connectivity index (χ1v) is 7.79. The molecule has 1 aliphatic rings. The second kappa shape index (κ2) is 8.02. The molecule has 0 atom stereocenters. The van der Waals surface area contributed by atoms with Crippen LogP contribution >= 0.6 is 11.8 Å². The Bertz CT molecular complexity index is 481. The van der Waals surface area contributed by atoms with Crippen LogP contribution in [0.15, 0.2) is 23.3 Å². The highest BCUT2D eigenvalue weighted by molar-refractivity contribution is 7.99. The first kappa shape index (κ1) is 15.8. The van der Waals surface area contributed by atoms with E-state index in [-0.39, 0.29) is 5.88 Å². The molecule has 1 fully saturated rings. The number of nitrogens with two attached hydrogens (primary N) is 1. The summed E-state index contributed by atoms with van der Waals surface area (Å²) in [6.07, 6.45) is -1.000. The van der Waals surface area contributed by atoms with Crippen molar-refractivity contribution in [1.29, 1.82) is 0 Å². The molecule has 21 heavy (non-hydrogen) atoms. The maximum absolute atomic E-state index is 12.1. The van der Waals surface area contributed by atoms with Crippen LogP contribution in [0, 0.1) is 0 Å². The van der Waals surface area contributed by atoms with Crippen molar-refractivity contribution < 1.29 is 13.5 Å². The minimum absolute atomic E-state index is 0.177. The van der Waals surface area contributed by atoms with Crippen molar-refractivity contribution in [3.8, 4) is 5.88 Å². The Morgan fingerprint density at radius 2 is 2.24 bits per heavy atom. The highest BCUT2D eigenvalue weighted by Crippen LogP contribution is 2.12. The van der Waals surface area contributed by atoms with Crippen molar-refractivity contribution in [3.63, 3.8) is 0 Å². The first-order valence-electron chi connectivity index (χ1n) is 6.63. The van der Waals surface area contributed by atoms with E-state index in [4.69, 9.17) is 10.5 Å². The summed E-state index contributed by atoms with van der Waals surface area (Å²) < 4.78 is 29.0. The van der Waals surface area contributed by atoms with E-state index in [1.807, 2.05) is 16.7 Å². The second-order valence-electron chi connectivity index (χ2n) is 4.48. The number of rotatable bonds is 5. The van der Waals surface area contributed by atoms with Gasteiger partial charge < -0.3 is 15.4 Å². The van der Waals surface area contributed by atoms with Crippen LogP contribution in [0.4, 0.5) is 8.78 Å². The minimum Gasteiger partial charge on any atom is -0.472 e. The lowest BCUT2D eigenvalue weighted by Crippen LogP contribution is -2.42. The van der Waals surface area contributed by atoms with Crippen LogP contribution in [0.1, 0.15) is 5.56 Å². The van der Waals surface area contributed by atoms with Crippen molar-refractivity contribution >= 4 is 17.7 Å². The topological polar surface area (TPSA) is 63.7 Å². The summed E-state index contributed by atoms with van der Waals surface area (Å²) in [5, 5.41) is 0. The molecule has 2 rings (SSSR count). The fourth-order valence-electron chi connectivity index (χ4n) is 1.84. The van der Waals surface area contributed by atoms with E-state index in [0.29, 0.717) is 12.5 Å². The number of hydrogen-bond donors (Lipinski definition) is 1. The van der Waals surface area contributed by atoms with Crippen LogP contribution in [0.5, 0.6) is 5.88 Å². The number of halogens is 2. The molecule has 0 bridgehead atoms. The van der Waals surface area contributed by atoms with E-state index in [1.54, 1.807) is 12.1 Å². The van der Waals surface area contributed by atoms with Gasteiger partial charge in [0.1, 0.15) is 0 Å². The summed E-state index contributed by atoms with van der Waals surface area (Å²) in [5.41, 5.74) is 6.78. The zero-order valence-electron chi connectivity index (χ0n) is 11.5. The smallest absolute Gasteiger partial charge is 0.272 e. The summed E-state index contributed by atoms with van der Waals surface area (Å²) >= 11 is 1.90. The molecule has 1 aliphatic heterocycles. The summed E-state index contributed by atoms with van der Waals surface area (Å²) in [5.74, 6) is 2.80. The first-order chi connectivity index (χ1) is 10.1. The Morgan fingerprint density at radius 3 is 2.95 bits per heavy atom. The minimum atomic E-state index is -2.51. The van der Waals surface area contributed by atoms with Crippen molar-refractivity contribution in [2.45, 2.75) is 13.0 Å². The number of guanidine groups is 1. The highest BCUT2D eigenvalue weighted by Gasteiger charge is 2.12. The van der Waals surface area contributed by atoms with Gasteiger partial charge in [-0.1, -0.05) is 0 Å². The van der Waals surface area contributed by atoms with Crippen LogP contribution in [0.25, 0.3) is 0 Å². The molecule has 1 saturated heterocycles. The Balaban J connectivity index is 1.91. The van der Waals surface area contributed by atoms with Gasteiger partial charge in [0.15, 0.2) is 12.6 Å². The van der Waals surface area contributed by atoms with Gasteiger partial charge in [-0.15, -0.1) is 0 Å². The molecule has 1 aromatic rings. The van der Waals surface area contributed by atoms with Gasteiger partial charge in [0, 0.05) is 36.9 Å². The van der Waals surface area contributed by atoms with Gasteiger partial charge in [-0.25, -0.2) is 18.8 Å². The third-order valence-corrected chi connectivity index (χ3v) is 3.86. The molecule has 0 spiro atoms. The van der Waals surface area contributed by atoms with Gasteiger partial charge in [0.05, 0.1) is 6.54 Å². The molecular formula is C13H18F2N4OS. The summed E-state index contributed by atoms with van der Waals surface area (Å²) in [6.45, 7) is 1.52. The van der Waals surface area contributed by atoms with Crippen molar-refractivity contribution in [3.05, 3.63) is 23.9 Å². The van der Waals surface area contributed by atoms with Crippen molar-refractivity contribution in [1.82, 2.24) is 9.88 Å². The number of aromatic nitrogens is 1. The largest absolute Gasteiger partial charge is 0.472 e. The third kappa shape index (κ3) is 5.37. The zero-order valence-corrected chi connectivity index (χ0v) is 12.4. The molecule has 0 saturated carbocycles. The van der Waals surface area contributed by atoms with E-state index in [2.05, 4.69) is 9.98 Å². The molecule has 0 amide bonds.